The molecule has 180 valence electrons. The maximum Gasteiger partial charge on any atom is 0.220 e. The highest BCUT2D eigenvalue weighted by molar-refractivity contribution is 6.30. The fraction of sp³-hybridized carbons (Fsp3) is 0.296. The Morgan fingerprint density at radius 2 is 1.26 bits per heavy atom. The van der Waals surface area contributed by atoms with Gasteiger partial charge in [-0.15, -0.1) is 0 Å². The lowest BCUT2D eigenvalue weighted by molar-refractivity contribution is -0.121. The number of carbonyl (C=O) groups is 1. The third-order valence-electron chi connectivity index (χ3n) is 5.66. The van der Waals surface area contributed by atoms with Crippen LogP contribution in [0.2, 0.25) is 5.02 Å². The number of hydrogen-bond donors (Lipinski definition) is 1. The van der Waals surface area contributed by atoms with Gasteiger partial charge in [0.2, 0.25) is 5.91 Å². The van der Waals surface area contributed by atoms with Crippen molar-refractivity contribution < 1.29 is 23.7 Å². The summed E-state index contributed by atoms with van der Waals surface area (Å²) >= 11 is 5.95. The van der Waals surface area contributed by atoms with E-state index in [1.807, 2.05) is 60.7 Å². The molecule has 0 saturated heterocycles. The highest BCUT2D eigenvalue weighted by atomic mass is 35.5. The molecule has 0 radical (unpaired) electrons. The van der Waals surface area contributed by atoms with Gasteiger partial charge in [0.25, 0.3) is 0 Å². The molecule has 0 aliphatic rings. The fourth-order valence-electron chi connectivity index (χ4n) is 3.82. The van der Waals surface area contributed by atoms with E-state index in [0.717, 1.165) is 23.1 Å². The Labute approximate surface area is 205 Å². The van der Waals surface area contributed by atoms with Gasteiger partial charge in [0.05, 0.1) is 28.4 Å². The van der Waals surface area contributed by atoms with Gasteiger partial charge in [0.1, 0.15) is 0 Å². The van der Waals surface area contributed by atoms with Crippen LogP contribution in [-0.4, -0.2) is 40.9 Å². The smallest absolute Gasteiger partial charge is 0.220 e. The summed E-state index contributed by atoms with van der Waals surface area (Å²) < 4.78 is 21.7. The summed E-state index contributed by atoms with van der Waals surface area (Å²) in [7, 11) is 6.38. The molecular formula is C27H30ClNO5. The van der Waals surface area contributed by atoms with Crippen LogP contribution in [0, 0.1) is 0 Å². The topological polar surface area (TPSA) is 66.0 Å². The average molecular weight is 484 g/mol. The van der Waals surface area contributed by atoms with Crippen LogP contribution >= 0.6 is 11.6 Å². The Morgan fingerprint density at radius 1 is 0.765 bits per heavy atom. The molecular weight excluding hydrogens is 454 g/mol. The van der Waals surface area contributed by atoms with Crippen LogP contribution in [0.4, 0.5) is 0 Å². The Kier molecular flexibility index (Phi) is 9.05. The van der Waals surface area contributed by atoms with Crippen molar-refractivity contribution in [1.29, 1.82) is 0 Å². The van der Waals surface area contributed by atoms with Crippen molar-refractivity contribution in [2.45, 2.75) is 18.8 Å². The van der Waals surface area contributed by atoms with E-state index in [9.17, 15) is 4.79 Å². The number of benzene rings is 3. The molecule has 1 amide bonds. The SMILES string of the molecule is COc1ccc(C(CC(=O)NCCc2ccc(Cl)cc2)c2ccc(OC)c(OC)c2)cc1OC. The summed E-state index contributed by atoms with van der Waals surface area (Å²) in [6.07, 6.45) is 0.978. The van der Waals surface area contributed by atoms with Gasteiger partial charge in [0, 0.05) is 23.9 Å². The van der Waals surface area contributed by atoms with Crippen molar-refractivity contribution in [3.05, 3.63) is 82.4 Å². The molecule has 0 aromatic heterocycles. The molecule has 0 unspecified atom stereocenters. The number of amides is 1. The molecule has 0 fully saturated rings. The van der Waals surface area contributed by atoms with Gasteiger partial charge in [0.15, 0.2) is 23.0 Å². The van der Waals surface area contributed by atoms with Crippen LogP contribution in [0.25, 0.3) is 0 Å². The Morgan fingerprint density at radius 3 is 1.74 bits per heavy atom. The minimum atomic E-state index is -0.227. The lowest BCUT2D eigenvalue weighted by Gasteiger charge is -2.21. The van der Waals surface area contributed by atoms with Gasteiger partial charge in [-0.3, -0.25) is 4.79 Å². The third-order valence-corrected chi connectivity index (χ3v) is 5.91. The molecule has 0 heterocycles. The molecule has 1 N–H and O–H groups in total. The lowest BCUT2D eigenvalue weighted by Crippen LogP contribution is -2.27. The van der Waals surface area contributed by atoms with Crippen molar-refractivity contribution in [1.82, 2.24) is 5.32 Å². The Bertz CT molecular complexity index is 1050. The van der Waals surface area contributed by atoms with E-state index < -0.39 is 0 Å². The zero-order valence-corrected chi connectivity index (χ0v) is 20.6. The van der Waals surface area contributed by atoms with Gasteiger partial charge >= 0.3 is 0 Å². The summed E-state index contributed by atoms with van der Waals surface area (Å²) in [5, 5.41) is 3.73. The summed E-state index contributed by atoms with van der Waals surface area (Å²) in [5.41, 5.74) is 2.97. The third kappa shape index (κ3) is 6.35. The monoisotopic (exact) mass is 483 g/mol. The van der Waals surface area contributed by atoms with E-state index in [1.54, 1.807) is 28.4 Å². The summed E-state index contributed by atoms with van der Waals surface area (Å²) in [6.45, 7) is 0.533. The molecule has 0 spiro atoms. The van der Waals surface area contributed by atoms with E-state index in [1.165, 1.54) is 0 Å². The number of nitrogens with one attached hydrogen (secondary N) is 1. The van der Waals surface area contributed by atoms with E-state index >= 15 is 0 Å². The largest absolute Gasteiger partial charge is 0.493 e. The molecule has 3 aromatic carbocycles. The second-order valence-electron chi connectivity index (χ2n) is 7.71. The normalized spacial score (nSPS) is 10.6. The summed E-state index contributed by atoms with van der Waals surface area (Å²) in [5.74, 6) is 2.19. The molecule has 6 nitrogen and oxygen atoms in total. The summed E-state index contributed by atoms with van der Waals surface area (Å²) in [4.78, 5) is 13.0. The van der Waals surface area contributed by atoms with E-state index in [2.05, 4.69) is 5.32 Å². The van der Waals surface area contributed by atoms with Gasteiger partial charge in [-0.2, -0.15) is 0 Å². The van der Waals surface area contributed by atoms with Gasteiger partial charge < -0.3 is 24.3 Å². The quantitative estimate of drug-likeness (QED) is 0.403. The van der Waals surface area contributed by atoms with Crippen LogP contribution in [0.1, 0.15) is 29.0 Å². The van der Waals surface area contributed by atoms with E-state index in [4.69, 9.17) is 30.5 Å². The van der Waals surface area contributed by atoms with Crippen molar-refractivity contribution >= 4 is 17.5 Å². The maximum absolute atomic E-state index is 13.0. The molecule has 3 rings (SSSR count). The highest BCUT2D eigenvalue weighted by Gasteiger charge is 2.22. The van der Waals surface area contributed by atoms with Gasteiger partial charge in [-0.1, -0.05) is 35.9 Å². The zero-order valence-electron chi connectivity index (χ0n) is 19.9. The van der Waals surface area contributed by atoms with Crippen molar-refractivity contribution in [3.8, 4) is 23.0 Å². The minimum Gasteiger partial charge on any atom is -0.493 e. The van der Waals surface area contributed by atoms with Crippen LogP contribution < -0.4 is 24.3 Å². The predicted molar refractivity (Wildman–Crippen MR) is 134 cm³/mol. The second kappa shape index (κ2) is 12.2. The first-order chi connectivity index (χ1) is 16.5. The van der Waals surface area contributed by atoms with E-state index in [0.29, 0.717) is 34.6 Å². The van der Waals surface area contributed by atoms with Crippen molar-refractivity contribution in [2.24, 2.45) is 0 Å². The van der Waals surface area contributed by atoms with Crippen LogP contribution in [0.3, 0.4) is 0 Å². The summed E-state index contributed by atoms with van der Waals surface area (Å²) in [6, 6.07) is 19.0. The molecule has 0 atom stereocenters. The lowest BCUT2D eigenvalue weighted by atomic mass is 9.87. The molecule has 3 aromatic rings. The molecule has 0 aliphatic carbocycles. The number of ether oxygens (including phenoxy) is 4. The number of rotatable bonds is 11. The van der Waals surface area contributed by atoms with Crippen molar-refractivity contribution in [3.63, 3.8) is 0 Å². The van der Waals surface area contributed by atoms with Crippen LogP contribution in [-0.2, 0) is 11.2 Å². The first kappa shape index (κ1) is 25.2. The Balaban J connectivity index is 1.83. The number of halogens is 1. The molecule has 7 heteroatoms. The first-order valence-electron chi connectivity index (χ1n) is 10.9. The average Bonchev–Trinajstić information content (AvgIpc) is 2.87. The highest BCUT2D eigenvalue weighted by Crippen LogP contribution is 2.38. The zero-order chi connectivity index (χ0) is 24.5. The molecule has 34 heavy (non-hydrogen) atoms. The van der Waals surface area contributed by atoms with Crippen LogP contribution in [0.5, 0.6) is 23.0 Å². The number of carbonyl (C=O) groups excluding carboxylic acids is 1. The Hall–Kier alpha value is -3.38. The van der Waals surface area contributed by atoms with Crippen LogP contribution in [0.15, 0.2) is 60.7 Å². The molecule has 0 aliphatic heterocycles. The first-order valence-corrected chi connectivity index (χ1v) is 11.3. The van der Waals surface area contributed by atoms with Crippen molar-refractivity contribution in [2.75, 3.05) is 35.0 Å². The number of hydrogen-bond acceptors (Lipinski definition) is 5. The molecule has 0 bridgehead atoms. The standard InChI is InChI=1S/C27H30ClNO5/c1-31-23-11-7-19(15-25(23)33-3)22(20-8-12-24(32-2)26(16-20)34-4)17-27(30)29-14-13-18-5-9-21(28)10-6-18/h5-12,15-16,22H,13-14,17H2,1-4H3,(H,29,30). The van der Waals surface area contributed by atoms with Gasteiger partial charge in [-0.05, 0) is 59.5 Å². The maximum atomic E-state index is 13.0. The number of methoxy groups -OCH3 is 4. The molecule has 0 saturated carbocycles. The fourth-order valence-corrected chi connectivity index (χ4v) is 3.95. The van der Waals surface area contributed by atoms with Gasteiger partial charge in [-0.25, -0.2) is 0 Å². The predicted octanol–water partition coefficient (Wildman–Crippen LogP) is 5.26. The minimum absolute atomic E-state index is 0.0523. The van der Waals surface area contributed by atoms with E-state index in [-0.39, 0.29) is 18.2 Å². The second-order valence-corrected chi connectivity index (χ2v) is 8.15.